The van der Waals surface area contributed by atoms with Crippen LogP contribution in [0.15, 0.2) is 72.9 Å². The van der Waals surface area contributed by atoms with E-state index in [2.05, 4.69) is 0 Å². The van der Waals surface area contributed by atoms with Crippen molar-refractivity contribution in [3.8, 4) is 0 Å². The first kappa shape index (κ1) is 26.6. The van der Waals surface area contributed by atoms with Crippen molar-refractivity contribution in [1.82, 2.24) is 9.47 Å². The van der Waals surface area contributed by atoms with E-state index in [0.29, 0.717) is 41.0 Å². The molecule has 1 aromatic heterocycles. The Morgan fingerprint density at radius 1 is 0.949 bits per heavy atom. The molecule has 0 bridgehead atoms. The lowest BCUT2D eigenvalue weighted by atomic mass is 9.90. The first-order valence-corrected chi connectivity index (χ1v) is 13.3. The molecule has 5 rings (SSSR count). The average Bonchev–Trinajstić information content (AvgIpc) is 3.32. The van der Waals surface area contributed by atoms with Crippen molar-refractivity contribution < 1.29 is 23.5 Å². The maximum absolute atomic E-state index is 13.5. The number of nitrogens with zero attached hydrogens (tertiary/aromatic N) is 2. The fourth-order valence-electron chi connectivity index (χ4n) is 5.09. The molecule has 0 saturated carbocycles. The molecule has 1 aliphatic heterocycles. The Hall–Kier alpha value is -3.97. The molecule has 1 fully saturated rings. The molecule has 39 heavy (non-hydrogen) atoms. The van der Waals surface area contributed by atoms with Crippen molar-refractivity contribution >= 4 is 40.3 Å². The Morgan fingerprint density at radius 2 is 1.64 bits per heavy atom. The van der Waals surface area contributed by atoms with Crippen molar-refractivity contribution in [2.45, 2.75) is 32.8 Å². The number of Topliss-reactive ketones (excluding diaryl/α,β-unsaturated/α-hetero) is 1. The molecule has 2 heterocycles. The molecule has 200 valence electrons. The molecule has 3 aromatic carbocycles. The van der Waals surface area contributed by atoms with Gasteiger partial charge in [0.1, 0.15) is 12.4 Å². The van der Waals surface area contributed by atoms with Gasteiger partial charge in [0.05, 0.1) is 16.1 Å². The minimum Gasteiger partial charge on any atom is -0.444 e. The Labute approximate surface area is 230 Å². The lowest BCUT2D eigenvalue weighted by molar-refractivity contribution is 0.0690. The molecule has 0 atom stereocenters. The standard InChI is InChI=1S/C31H28ClFN2O4/c1-20(36)27-18-35(31(38)39-19-23-5-3-2-4-6-23)29-17-28(32)26(16-25(27)29)30(37)34-13-11-22(12-14-34)15-21-7-9-24(33)10-8-21/h2-10,16-18,22H,11-15,19H2,1H3. The van der Waals surface area contributed by atoms with E-state index in [1.165, 1.54) is 29.8 Å². The number of aromatic nitrogens is 1. The zero-order chi connectivity index (χ0) is 27.5. The van der Waals surface area contributed by atoms with Crippen LogP contribution in [0.1, 0.15) is 51.6 Å². The summed E-state index contributed by atoms with van der Waals surface area (Å²) in [5.74, 6) is -0.300. The quantitative estimate of drug-likeness (QED) is 0.246. The third-order valence-corrected chi connectivity index (χ3v) is 7.56. The van der Waals surface area contributed by atoms with Gasteiger partial charge in [0, 0.05) is 30.2 Å². The second kappa shape index (κ2) is 11.4. The lowest BCUT2D eigenvalue weighted by Gasteiger charge is -2.32. The molecule has 4 aromatic rings. The van der Waals surface area contributed by atoms with Crippen molar-refractivity contribution in [2.75, 3.05) is 13.1 Å². The summed E-state index contributed by atoms with van der Waals surface area (Å²) >= 11 is 6.58. The molecule has 0 N–H and O–H groups in total. The van der Waals surface area contributed by atoms with Gasteiger partial charge >= 0.3 is 6.09 Å². The highest BCUT2D eigenvalue weighted by atomic mass is 35.5. The summed E-state index contributed by atoms with van der Waals surface area (Å²) in [6, 6.07) is 19.0. The minimum atomic E-state index is -0.644. The third-order valence-electron chi connectivity index (χ3n) is 7.24. The Bertz CT molecular complexity index is 1520. The number of piperidine rings is 1. The molecule has 8 heteroatoms. The summed E-state index contributed by atoms with van der Waals surface area (Å²) in [6.07, 6.45) is 3.28. The van der Waals surface area contributed by atoms with Gasteiger partial charge in [0.2, 0.25) is 0 Å². The lowest BCUT2D eigenvalue weighted by Crippen LogP contribution is -2.39. The largest absolute Gasteiger partial charge is 0.444 e. The highest BCUT2D eigenvalue weighted by Gasteiger charge is 2.27. The summed E-state index contributed by atoms with van der Waals surface area (Å²) < 4.78 is 19.9. The SMILES string of the molecule is CC(=O)c1cn(C(=O)OCc2ccccc2)c2cc(Cl)c(C(=O)N3CCC(Cc4ccc(F)cc4)CC3)cc12. The number of carbonyl (C=O) groups is 3. The molecule has 0 aliphatic carbocycles. The monoisotopic (exact) mass is 546 g/mol. The van der Waals surface area contributed by atoms with E-state index in [0.717, 1.165) is 30.4 Å². The molecule has 1 aliphatic rings. The molecular weight excluding hydrogens is 519 g/mol. The number of halogens is 2. The summed E-state index contributed by atoms with van der Waals surface area (Å²) in [6.45, 7) is 2.64. The summed E-state index contributed by atoms with van der Waals surface area (Å²) in [5.41, 5.74) is 2.92. The number of ether oxygens (including phenoxy) is 1. The zero-order valence-corrected chi connectivity index (χ0v) is 22.3. The van der Waals surface area contributed by atoms with Gasteiger partial charge in [0.25, 0.3) is 5.91 Å². The average molecular weight is 547 g/mol. The summed E-state index contributed by atoms with van der Waals surface area (Å²) in [5, 5.41) is 0.671. The fraction of sp³-hybridized carbons (Fsp3) is 0.258. The van der Waals surface area contributed by atoms with Crippen LogP contribution in [0.25, 0.3) is 10.9 Å². The smallest absolute Gasteiger partial charge is 0.418 e. The van der Waals surface area contributed by atoms with Crippen LogP contribution in [0.4, 0.5) is 9.18 Å². The third kappa shape index (κ3) is 5.88. The van der Waals surface area contributed by atoms with Crippen LogP contribution in [0.5, 0.6) is 0 Å². The second-order valence-corrected chi connectivity index (χ2v) is 10.3. The second-order valence-electron chi connectivity index (χ2n) is 9.92. The number of likely N-dealkylation sites (tertiary alicyclic amines) is 1. The number of fused-ring (bicyclic) bond motifs is 1. The van der Waals surface area contributed by atoms with E-state index in [1.54, 1.807) is 29.2 Å². The Morgan fingerprint density at radius 3 is 2.31 bits per heavy atom. The van der Waals surface area contributed by atoms with Gasteiger partial charge in [-0.25, -0.2) is 9.18 Å². The van der Waals surface area contributed by atoms with Crippen LogP contribution in [-0.2, 0) is 17.8 Å². The topological polar surface area (TPSA) is 68.6 Å². The minimum absolute atomic E-state index is 0.0795. The highest BCUT2D eigenvalue weighted by molar-refractivity contribution is 6.35. The fourth-order valence-corrected chi connectivity index (χ4v) is 5.33. The maximum atomic E-state index is 13.5. The van der Waals surface area contributed by atoms with E-state index in [-0.39, 0.29) is 29.1 Å². The first-order valence-electron chi connectivity index (χ1n) is 12.9. The predicted molar refractivity (Wildman–Crippen MR) is 148 cm³/mol. The van der Waals surface area contributed by atoms with Crippen molar-refractivity contribution in [3.63, 3.8) is 0 Å². The summed E-state index contributed by atoms with van der Waals surface area (Å²) in [4.78, 5) is 40.6. The van der Waals surface area contributed by atoms with Gasteiger partial charge in [-0.1, -0.05) is 54.1 Å². The molecule has 0 radical (unpaired) electrons. The maximum Gasteiger partial charge on any atom is 0.418 e. The number of amides is 1. The Balaban J connectivity index is 1.33. The number of hydrogen-bond acceptors (Lipinski definition) is 4. The number of carbonyl (C=O) groups excluding carboxylic acids is 3. The number of rotatable bonds is 6. The van der Waals surface area contributed by atoms with Crippen LogP contribution in [0, 0.1) is 11.7 Å². The van der Waals surface area contributed by atoms with E-state index in [9.17, 15) is 18.8 Å². The highest BCUT2D eigenvalue weighted by Crippen LogP contribution is 2.31. The van der Waals surface area contributed by atoms with Gasteiger partial charge in [-0.15, -0.1) is 0 Å². The van der Waals surface area contributed by atoms with Crippen molar-refractivity contribution in [3.05, 3.63) is 106 Å². The van der Waals surface area contributed by atoms with Crippen LogP contribution >= 0.6 is 11.6 Å². The molecular formula is C31H28ClFN2O4. The van der Waals surface area contributed by atoms with Gasteiger partial charge in [-0.2, -0.15) is 0 Å². The molecule has 0 unspecified atom stereocenters. The van der Waals surface area contributed by atoms with Crippen LogP contribution < -0.4 is 0 Å². The molecule has 1 saturated heterocycles. The predicted octanol–water partition coefficient (Wildman–Crippen LogP) is 6.92. The number of ketones is 1. The van der Waals surface area contributed by atoms with Crippen LogP contribution in [0.3, 0.4) is 0 Å². The summed E-state index contributed by atoms with van der Waals surface area (Å²) in [7, 11) is 0. The number of hydrogen-bond donors (Lipinski definition) is 0. The molecule has 6 nitrogen and oxygen atoms in total. The van der Waals surface area contributed by atoms with E-state index < -0.39 is 6.09 Å². The van der Waals surface area contributed by atoms with Crippen molar-refractivity contribution in [1.29, 1.82) is 0 Å². The normalized spacial score (nSPS) is 14.0. The van der Waals surface area contributed by atoms with Gasteiger partial charge < -0.3 is 9.64 Å². The van der Waals surface area contributed by atoms with Gasteiger partial charge in [-0.05, 0) is 67.5 Å². The van der Waals surface area contributed by atoms with E-state index in [1.807, 2.05) is 30.3 Å². The first-order chi connectivity index (χ1) is 18.8. The van der Waals surface area contributed by atoms with Gasteiger partial charge in [-0.3, -0.25) is 14.2 Å². The molecule has 0 spiro atoms. The van der Waals surface area contributed by atoms with Crippen molar-refractivity contribution in [2.24, 2.45) is 5.92 Å². The van der Waals surface area contributed by atoms with Gasteiger partial charge in [0.15, 0.2) is 5.78 Å². The van der Waals surface area contributed by atoms with E-state index >= 15 is 0 Å². The number of benzene rings is 3. The Kier molecular flexibility index (Phi) is 7.79. The van der Waals surface area contributed by atoms with Crippen LogP contribution in [0.2, 0.25) is 5.02 Å². The zero-order valence-electron chi connectivity index (χ0n) is 21.5. The molecule has 1 amide bonds. The van der Waals surface area contributed by atoms with Crippen LogP contribution in [-0.4, -0.2) is 40.3 Å². The van der Waals surface area contributed by atoms with E-state index in [4.69, 9.17) is 16.3 Å².